The van der Waals surface area contributed by atoms with Crippen LogP contribution in [-0.2, 0) is 14.3 Å². The van der Waals surface area contributed by atoms with Gasteiger partial charge in [-0.25, -0.2) is 0 Å². The Morgan fingerprint density at radius 1 is 1.25 bits per heavy atom. The largest absolute Gasteiger partial charge is 0.368 e. The van der Waals surface area contributed by atoms with E-state index in [-0.39, 0.29) is 30.5 Å². The Balaban J connectivity index is 1.43. The lowest BCUT2D eigenvalue weighted by Gasteiger charge is -2.39. The van der Waals surface area contributed by atoms with Crippen LogP contribution >= 0.6 is 0 Å². The molecule has 1 aromatic carbocycles. The fourth-order valence-corrected chi connectivity index (χ4v) is 4.47. The summed E-state index contributed by atoms with van der Waals surface area (Å²) in [6.07, 6.45) is 5.68. The van der Waals surface area contributed by atoms with E-state index in [0.29, 0.717) is 25.6 Å². The van der Waals surface area contributed by atoms with Crippen molar-refractivity contribution in [2.24, 2.45) is 5.92 Å². The molecule has 1 aromatic rings. The van der Waals surface area contributed by atoms with Crippen molar-refractivity contribution >= 4 is 17.5 Å². The van der Waals surface area contributed by atoms with E-state index in [9.17, 15) is 9.59 Å². The summed E-state index contributed by atoms with van der Waals surface area (Å²) < 4.78 is 5.33. The first kappa shape index (κ1) is 20.4. The minimum Gasteiger partial charge on any atom is -0.368 e. The molecule has 2 aliphatic heterocycles. The van der Waals surface area contributed by atoms with Crippen LogP contribution in [-0.4, -0.2) is 62.1 Å². The number of hydrogen-bond acceptors (Lipinski definition) is 4. The SMILES string of the molecule is C=CCOCC(=O)N1[C@@H]2CC[C@H]1CC(CNC(=O)CN(C)c1ccccc1)C2. The summed E-state index contributed by atoms with van der Waals surface area (Å²) in [6, 6.07) is 10.5. The molecular formula is C22H31N3O3. The maximum atomic E-state index is 12.5. The first-order valence-corrected chi connectivity index (χ1v) is 10.1. The molecule has 0 radical (unpaired) electrons. The van der Waals surface area contributed by atoms with Gasteiger partial charge in [0, 0.05) is 31.4 Å². The summed E-state index contributed by atoms with van der Waals surface area (Å²) in [7, 11) is 1.92. The van der Waals surface area contributed by atoms with Crippen molar-refractivity contribution in [1.29, 1.82) is 0 Å². The molecule has 1 N–H and O–H groups in total. The van der Waals surface area contributed by atoms with E-state index in [1.807, 2.05) is 47.2 Å². The Kier molecular flexibility index (Phi) is 7.09. The third kappa shape index (κ3) is 5.13. The number of amides is 2. The lowest BCUT2D eigenvalue weighted by molar-refractivity contribution is -0.141. The summed E-state index contributed by atoms with van der Waals surface area (Å²) >= 11 is 0. The van der Waals surface area contributed by atoms with Crippen LogP contribution in [0.15, 0.2) is 43.0 Å². The van der Waals surface area contributed by atoms with E-state index in [1.54, 1.807) is 6.08 Å². The number of carbonyl (C=O) groups is 2. The summed E-state index contributed by atoms with van der Waals surface area (Å²) in [5, 5.41) is 3.09. The lowest BCUT2D eigenvalue weighted by atomic mass is 9.90. The van der Waals surface area contributed by atoms with E-state index in [1.165, 1.54) is 0 Å². The van der Waals surface area contributed by atoms with Gasteiger partial charge in [0.05, 0.1) is 13.2 Å². The van der Waals surface area contributed by atoms with Crippen LogP contribution in [0.5, 0.6) is 0 Å². The zero-order chi connectivity index (χ0) is 19.9. The lowest BCUT2D eigenvalue weighted by Crippen LogP contribution is -2.50. The second-order valence-corrected chi connectivity index (χ2v) is 7.82. The van der Waals surface area contributed by atoms with Crippen molar-refractivity contribution in [3.63, 3.8) is 0 Å². The number of anilines is 1. The zero-order valence-electron chi connectivity index (χ0n) is 16.7. The van der Waals surface area contributed by atoms with Crippen molar-refractivity contribution < 1.29 is 14.3 Å². The Bertz CT molecular complexity index is 665. The minimum absolute atomic E-state index is 0.0371. The fraction of sp³-hybridized carbons (Fsp3) is 0.545. The highest BCUT2D eigenvalue weighted by atomic mass is 16.5. The third-order valence-electron chi connectivity index (χ3n) is 5.75. The summed E-state index contributed by atoms with van der Waals surface area (Å²) in [6.45, 7) is 5.17. The molecule has 152 valence electrons. The fourth-order valence-electron chi connectivity index (χ4n) is 4.47. The van der Waals surface area contributed by atoms with Gasteiger partial charge in [0.25, 0.3) is 0 Å². The molecule has 2 amide bonds. The average Bonchev–Trinajstić information content (AvgIpc) is 2.97. The van der Waals surface area contributed by atoms with Gasteiger partial charge in [-0.3, -0.25) is 9.59 Å². The van der Waals surface area contributed by atoms with Crippen LogP contribution in [0.1, 0.15) is 25.7 Å². The van der Waals surface area contributed by atoms with Gasteiger partial charge in [-0.1, -0.05) is 24.3 Å². The number of fused-ring (bicyclic) bond motifs is 2. The molecule has 0 saturated carbocycles. The Hall–Kier alpha value is -2.34. The molecule has 0 spiro atoms. The maximum absolute atomic E-state index is 12.5. The predicted octanol–water partition coefficient (Wildman–Crippen LogP) is 2.21. The second kappa shape index (κ2) is 9.73. The molecule has 3 atom stereocenters. The molecular weight excluding hydrogens is 354 g/mol. The van der Waals surface area contributed by atoms with E-state index in [0.717, 1.165) is 31.4 Å². The number of benzene rings is 1. The molecule has 3 rings (SSSR count). The second-order valence-electron chi connectivity index (χ2n) is 7.82. The molecule has 2 aliphatic rings. The van der Waals surface area contributed by atoms with E-state index in [2.05, 4.69) is 11.9 Å². The molecule has 6 nitrogen and oxygen atoms in total. The van der Waals surface area contributed by atoms with Crippen molar-refractivity contribution in [2.75, 3.05) is 38.3 Å². The van der Waals surface area contributed by atoms with Gasteiger partial charge in [0.2, 0.25) is 11.8 Å². The van der Waals surface area contributed by atoms with Gasteiger partial charge >= 0.3 is 0 Å². The number of ether oxygens (including phenoxy) is 1. The van der Waals surface area contributed by atoms with Gasteiger partial charge < -0.3 is 19.9 Å². The minimum atomic E-state index is 0.0371. The number of para-hydroxylation sites is 1. The molecule has 1 unspecified atom stereocenters. The molecule has 2 saturated heterocycles. The van der Waals surface area contributed by atoms with E-state index < -0.39 is 0 Å². The number of piperidine rings is 1. The zero-order valence-corrected chi connectivity index (χ0v) is 16.7. The summed E-state index contributed by atoms with van der Waals surface area (Å²) in [4.78, 5) is 28.8. The highest BCUT2D eigenvalue weighted by Gasteiger charge is 2.42. The first-order chi connectivity index (χ1) is 13.6. The monoisotopic (exact) mass is 385 g/mol. The van der Waals surface area contributed by atoms with Crippen molar-refractivity contribution in [1.82, 2.24) is 10.2 Å². The van der Waals surface area contributed by atoms with E-state index >= 15 is 0 Å². The van der Waals surface area contributed by atoms with Gasteiger partial charge in [-0.2, -0.15) is 0 Å². The van der Waals surface area contributed by atoms with E-state index in [4.69, 9.17) is 4.74 Å². The number of nitrogens with zero attached hydrogens (tertiary/aromatic N) is 2. The molecule has 2 heterocycles. The third-order valence-corrected chi connectivity index (χ3v) is 5.75. The summed E-state index contributed by atoms with van der Waals surface area (Å²) in [5.41, 5.74) is 1.03. The Morgan fingerprint density at radius 3 is 2.57 bits per heavy atom. The Morgan fingerprint density at radius 2 is 1.93 bits per heavy atom. The van der Waals surface area contributed by atoms with Crippen LogP contribution in [0, 0.1) is 5.92 Å². The highest BCUT2D eigenvalue weighted by molar-refractivity contribution is 5.81. The number of hydrogen-bond donors (Lipinski definition) is 1. The van der Waals surface area contributed by atoms with Gasteiger partial charge in [0.15, 0.2) is 0 Å². The van der Waals surface area contributed by atoms with Crippen molar-refractivity contribution in [3.8, 4) is 0 Å². The van der Waals surface area contributed by atoms with Crippen LogP contribution in [0.4, 0.5) is 5.69 Å². The number of carbonyl (C=O) groups excluding carboxylic acids is 2. The van der Waals surface area contributed by atoms with Crippen molar-refractivity contribution in [3.05, 3.63) is 43.0 Å². The quantitative estimate of drug-likeness (QED) is 0.523. The van der Waals surface area contributed by atoms with Gasteiger partial charge in [-0.05, 0) is 43.7 Å². The van der Waals surface area contributed by atoms with Crippen LogP contribution in [0.25, 0.3) is 0 Å². The smallest absolute Gasteiger partial charge is 0.249 e. The molecule has 0 aliphatic carbocycles. The topological polar surface area (TPSA) is 61.9 Å². The number of likely N-dealkylation sites (N-methyl/N-ethyl adjacent to an activating group) is 1. The normalized spacial score (nSPS) is 23.3. The highest BCUT2D eigenvalue weighted by Crippen LogP contribution is 2.38. The molecule has 6 heteroatoms. The van der Waals surface area contributed by atoms with Crippen molar-refractivity contribution in [2.45, 2.75) is 37.8 Å². The average molecular weight is 386 g/mol. The van der Waals surface area contributed by atoms with Crippen LogP contribution in [0.3, 0.4) is 0 Å². The van der Waals surface area contributed by atoms with Gasteiger partial charge in [0.1, 0.15) is 6.61 Å². The summed E-state index contributed by atoms with van der Waals surface area (Å²) in [5.74, 6) is 0.554. The first-order valence-electron chi connectivity index (χ1n) is 10.1. The molecule has 0 aromatic heterocycles. The van der Waals surface area contributed by atoms with Crippen LogP contribution in [0.2, 0.25) is 0 Å². The Labute approximate surface area is 167 Å². The molecule has 2 fully saturated rings. The maximum Gasteiger partial charge on any atom is 0.249 e. The predicted molar refractivity (Wildman–Crippen MR) is 110 cm³/mol. The standard InChI is InChI=1S/C22H31N3O3/c1-3-11-28-16-22(27)25-19-9-10-20(25)13-17(12-19)14-23-21(26)15-24(2)18-7-5-4-6-8-18/h3-8,17,19-20H,1,9-16H2,2H3,(H,23,26)/t17?,19-,20+. The number of nitrogens with one attached hydrogen (secondary N) is 1. The van der Waals surface area contributed by atoms with Gasteiger partial charge in [-0.15, -0.1) is 6.58 Å². The molecule has 28 heavy (non-hydrogen) atoms. The van der Waals surface area contributed by atoms with Crippen LogP contribution < -0.4 is 10.2 Å². The number of rotatable bonds is 9. The molecule has 2 bridgehead atoms.